The Morgan fingerprint density at radius 2 is 1.88 bits per heavy atom. The number of hydrogen-bond donors (Lipinski definition) is 0. The number of carbonyl (C=O) groups is 1. The van der Waals surface area contributed by atoms with Crippen LogP contribution in [0.5, 0.6) is 17.2 Å². The second-order valence-electron chi connectivity index (χ2n) is 5.76. The Labute approximate surface area is 152 Å². The van der Waals surface area contributed by atoms with Crippen LogP contribution in [-0.4, -0.2) is 31.9 Å². The van der Waals surface area contributed by atoms with Gasteiger partial charge in [-0.1, -0.05) is 0 Å². The first kappa shape index (κ1) is 17.7. The van der Waals surface area contributed by atoms with E-state index in [4.69, 9.17) is 14.2 Å². The summed E-state index contributed by atoms with van der Waals surface area (Å²) >= 11 is 1.84. The molecular weight excluding hydrogens is 336 g/mol. The minimum Gasteiger partial charge on any atom is -0.497 e. The lowest BCUT2D eigenvalue weighted by Crippen LogP contribution is -2.15. The molecular formula is C20H22O4S. The Hall–Kier alpha value is -2.14. The van der Waals surface area contributed by atoms with Crippen molar-refractivity contribution in [2.24, 2.45) is 0 Å². The molecule has 0 amide bonds. The topological polar surface area (TPSA) is 44.8 Å². The Balaban J connectivity index is 1.36. The molecule has 2 aromatic rings. The van der Waals surface area contributed by atoms with Gasteiger partial charge in [0.15, 0.2) is 5.78 Å². The van der Waals surface area contributed by atoms with Crippen LogP contribution in [0.25, 0.3) is 0 Å². The van der Waals surface area contributed by atoms with Crippen LogP contribution in [0.15, 0.2) is 47.4 Å². The average molecular weight is 358 g/mol. The summed E-state index contributed by atoms with van der Waals surface area (Å²) in [5.41, 5.74) is 0.662. The van der Waals surface area contributed by atoms with Crippen molar-refractivity contribution in [1.82, 2.24) is 0 Å². The minimum absolute atomic E-state index is 0.142. The van der Waals surface area contributed by atoms with Gasteiger partial charge in [-0.05, 0) is 55.0 Å². The van der Waals surface area contributed by atoms with Crippen molar-refractivity contribution >= 4 is 17.5 Å². The monoisotopic (exact) mass is 358 g/mol. The Bertz CT molecular complexity index is 712. The predicted octanol–water partition coefficient (Wildman–Crippen LogP) is 4.61. The summed E-state index contributed by atoms with van der Waals surface area (Å²) in [7, 11) is 1.68. The van der Waals surface area contributed by atoms with Gasteiger partial charge in [-0.25, -0.2) is 0 Å². The molecule has 4 nitrogen and oxygen atoms in total. The molecule has 1 aliphatic heterocycles. The van der Waals surface area contributed by atoms with E-state index in [0.29, 0.717) is 30.9 Å². The number of unbranched alkanes of at least 4 members (excludes halogenated alkanes) is 1. The molecule has 0 atom stereocenters. The number of Topliss-reactive ketones (excluding diaryl/α,β-unsaturated/α-hetero) is 1. The first-order chi connectivity index (χ1) is 12.3. The molecule has 0 aliphatic carbocycles. The van der Waals surface area contributed by atoms with Gasteiger partial charge < -0.3 is 14.2 Å². The third-order valence-electron chi connectivity index (χ3n) is 3.98. The summed E-state index contributed by atoms with van der Waals surface area (Å²) in [6.45, 7) is 1.12. The van der Waals surface area contributed by atoms with Gasteiger partial charge in [0.05, 0.1) is 25.9 Å². The molecule has 0 radical (unpaired) electrons. The van der Waals surface area contributed by atoms with E-state index in [1.54, 1.807) is 13.2 Å². The number of fused-ring (bicyclic) bond motifs is 1. The highest BCUT2D eigenvalue weighted by Gasteiger charge is 2.18. The van der Waals surface area contributed by atoms with E-state index < -0.39 is 0 Å². The highest BCUT2D eigenvalue weighted by molar-refractivity contribution is 7.99. The second-order valence-corrected chi connectivity index (χ2v) is 6.93. The number of methoxy groups -OCH3 is 1. The van der Waals surface area contributed by atoms with E-state index in [1.165, 1.54) is 4.90 Å². The normalized spacial score (nSPS) is 13.1. The van der Waals surface area contributed by atoms with Crippen LogP contribution < -0.4 is 14.2 Å². The van der Waals surface area contributed by atoms with Crippen LogP contribution >= 0.6 is 11.8 Å². The Morgan fingerprint density at radius 3 is 2.68 bits per heavy atom. The number of ether oxygens (including phenoxy) is 3. The molecule has 0 fully saturated rings. The van der Waals surface area contributed by atoms with Gasteiger partial charge in [-0.2, -0.15) is 0 Å². The minimum atomic E-state index is 0.142. The fourth-order valence-corrected chi connectivity index (χ4v) is 3.50. The standard InChI is InChI=1S/C20H22O4S/c1-22-15-4-7-17(8-5-15)25-13-3-2-11-23-16-6-9-18-19(21)10-12-24-20(18)14-16/h4-9,14H,2-3,10-13H2,1H3. The molecule has 3 rings (SSSR count). The maximum atomic E-state index is 11.8. The van der Waals surface area contributed by atoms with Crippen molar-refractivity contribution in [3.8, 4) is 17.2 Å². The lowest BCUT2D eigenvalue weighted by Gasteiger charge is -2.17. The number of rotatable bonds is 8. The SMILES string of the molecule is COc1ccc(SCCCCOc2ccc3c(c2)OCCC3=O)cc1. The zero-order valence-electron chi connectivity index (χ0n) is 14.3. The van der Waals surface area contributed by atoms with Gasteiger partial charge in [0.25, 0.3) is 0 Å². The lowest BCUT2D eigenvalue weighted by atomic mass is 10.1. The summed E-state index contributed by atoms with van der Waals surface area (Å²) in [6.07, 6.45) is 2.52. The summed E-state index contributed by atoms with van der Waals surface area (Å²) in [6, 6.07) is 13.6. The number of ketones is 1. The molecule has 2 aromatic carbocycles. The van der Waals surface area contributed by atoms with E-state index in [0.717, 1.165) is 30.1 Å². The zero-order chi connectivity index (χ0) is 17.5. The number of carbonyl (C=O) groups excluding carboxylic acids is 1. The van der Waals surface area contributed by atoms with Crippen LogP contribution in [0.3, 0.4) is 0 Å². The van der Waals surface area contributed by atoms with Gasteiger partial charge in [-0.3, -0.25) is 4.79 Å². The van der Waals surface area contributed by atoms with Crippen LogP contribution in [0, 0.1) is 0 Å². The fourth-order valence-electron chi connectivity index (χ4n) is 2.59. The van der Waals surface area contributed by atoms with Gasteiger partial charge in [-0.15, -0.1) is 11.8 Å². The number of thioether (sulfide) groups is 1. The maximum absolute atomic E-state index is 11.8. The summed E-state index contributed by atoms with van der Waals surface area (Å²) in [4.78, 5) is 13.0. The molecule has 0 saturated heterocycles. The maximum Gasteiger partial charge on any atom is 0.169 e. The Morgan fingerprint density at radius 1 is 1.08 bits per heavy atom. The average Bonchev–Trinajstić information content (AvgIpc) is 2.65. The summed E-state index contributed by atoms with van der Waals surface area (Å²) in [5.74, 6) is 3.48. The summed E-state index contributed by atoms with van der Waals surface area (Å²) < 4.78 is 16.5. The predicted molar refractivity (Wildman–Crippen MR) is 99.3 cm³/mol. The molecule has 0 saturated carbocycles. The highest BCUT2D eigenvalue weighted by atomic mass is 32.2. The zero-order valence-corrected chi connectivity index (χ0v) is 15.1. The van der Waals surface area contributed by atoms with E-state index in [2.05, 4.69) is 12.1 Å². The van der Waals surface area contributed by atoms with E-state index in [1.807, 2.05) is 36.0 Å². The molecule has 1 aliphatic rings. The van der Waals surface area contributed by atoms with Crippen LogP contribution in [-0.2, 0) is 0 Å². The second kappa shape index (κ2) is 8.81. The van der Waals surface area contributed by atoms with E-state index >= 15 is 0 Å². The molecule has 0 bridgehead atoms. The van der Waals surface area contributed by atoms with Crippen molar-refractivity contribution in [2.75, 3.05) is 26.1 Å². The van der Waals surface area contributed by atoms with E-state index in [9.17, 15) is 4.79 Å². The molecule has 5 heteroatoms. The lowest BCUT2D eigenvalue weighted by molar-refractivity contribution is 0.0933. The summed E-state index contributed by atoms with van der Waals surface area (Å²) in [5, 5.41) is 0. The fraction of sp³-hybridized carbons (Fsp3) is 0.350. The molecule has 0 N–H and O–H groups in total. The molecule has 1 heterocycles. The third kappa shape index (κ3) is 4.92. The molecule has 0 aromatic heterocycles. The largest absolute Gasteiger partial charge is 0.497 e. The van der Waals surface area contributed by atoms with Crippen molar-refractivity contribution < 1.29 is 19.0 Å². The van der Waals surface area contributed by atoms with Crippen molar-refractivity contribution in [2.45, 2.75) is 24.2 Å². The molecule has 0 unspecified atom stereocenters. The highest BCUT2D eigenvalue weighted by Crippen LogP contribution is 2.29. The molecule has 132 valence electrons. The smallest absolute Gasteiger partial charge is 0.169 e. The quantitative estimate of drug-likeness (QED) is 0.509. The third-order valence-corrected chi connectivity index (χ3v) is 5.07. The van der Waals surface area contributed by atoms with Gasteiger partial charge in [0, 0.05) is 17.4 Å². The van der Waals surface area contributed by atoms with E-state index in [-0.39, 0.29) is 5.78 Å². The number of hydrogen-bond acceptors (Lipinski definition) is 5. The van der Waals surface area contributed by atoms with Crippen molar-refractivity contribution in [3.05, 3.63) is 48.0 Å². The van der Waals surface area contributed by atoms with Crippen molar-refractivity contribution in [1.29, 1.82) is 0 Å². The number of benzene rings is 2. The van der Waals surface area contributed by atoms with Crippen molar-refractivity contribution in [3.63, 3.8) is 0 Å². The first-order valence-corrected chi connectivity index (χ1v) is 9.44. The Kier molecular flexibility index (Phi) is 6.23. The first-order valence-electron chi connectivity index (χ1n) is 8.46. The van der Waals surface area contributed by atoms with Crippen LogP contribution in [0.4, 0.5) is 0 Å². The van der Waals surface area contributed by atoms with Gasteiger partial charge in [0.1, 0.15) is 17.2 Å². The molecule has 0 spiro atoms. The van der Waals surface area contributed by atoms with Gasteiger partial charge >= 0.3 is 0 Å². The van der Waals surface area contributed by atoms with Gasteiger partial charge in [0.2, 0.25) is 0 Å². The van der Waals surface area contributed by atoms with Crippen LogP contribution in [0.1, 0.15) is 29.6 Å². The van der Waals surface area contributed by atoms with Crippen LogP contribution in [0.2, 0.25) is 0 Å². The molecule has 25 heavy (non-hydrogen) atoms.